The lowest BCUT2D eigenvalue weighted by Gasteiger charge is -2.27. The van der Waals surface area contributed by atoms with Gasteiger partial charge in [0.25, 0.3) is 5.91 Å². The molecule has 2 heterocycles. The molecule has 1 amide bonds. The summed E-state index contributed by atoms with van der Waals surface area (Å²) in [4.78, 5) is 30.9. The Bertz CT molecular complexity index is 876. The molecule has 1 aliphatic rings. The molecular weight excluding hydrogens is 347 g/mol. The fourth-order valence-corrected chi connectivity index (χ4v) is 3.26. The quantitative estimate of drug-likeness (QED) is 0.843. The van der Waals surface area contributed by atoms with Crippen molar-refractivity contribution < 1.29 is 19.1 Å². The average molecular weight is 368 g/mol. The van der Waals surface area contributed by atoms with E-state index >= 15 is 0 Å². The monoisotopic (exact) mass is 368 g/mol. The van der Waals surface area contributed by atoms with Crippen LogP contribution in [0.25, 0.3) is 0 Å². The average Bonchev–Trinajstić information content (AvgIpc) is 2.88. The zero-order valence-electron chi connectivity index (χ0n) is 15.2. The minimum Gasteiger partial charge on any atom is -0.503 e. The lowest BCUT2D eigenvalue weighted by Crippen LogP contribution is -2.30. The molecule has 1 aromatic heterocycles. The molecule has 27 heavy (non-hydrogen) atoms. The third-order valence-electron chi connectivity index (χ3n) is 4.49. The summed E-state index contributed by atoms with van der Waals surface area (Å²) < 4.78 is 13.2. The van der Waals surface area contributed by atoms with Crippen LogP contribution in [0.1, 0.15) is 37.4 Å². The predicted octanol–water partition coefficient (Wildman–Crippen LogP) is 3.73. The molecule has 1 unspecified atom stereocenters. The van der Waals surface area contributed by atoms with Crippen molar-refractivity contribution in [2.45, 2.75) is 32.9 Å². The molecule has 2 aromatic rings. The van der Waals surface area contributed by atoms with Crippen molar-refractivity contribution in [3.05, 3.63) is 77.1 Å². The van der Waals surface area contributed by atoms with Crippen LogP contribution in [0.15, 0.2) is 60.1 Å². The van der Waals surface area contributed by atoms with Crippen LogP contribution >= 0.6 is 0 Å². The van der Waals surface area contributed by atoms with Gasteiger partial charge in [-0.1, -0.05) is 26.0 Å². The molecule has 1 N–H and O–H groups in total. The van der Waals surface area contributed by atoms with Crippen LogP contribution in [0.3, 0.4) is 0 Å². The summed E-state index contributed by atoms with van der Waals surface area (Å²) in [5.41, 5.74) is 1.51. The van der Waals surface area contributed by atoms with E-state index in [1.165, 1.54) is 17.0 Å². The number of amides is 1. The summed E-state index contributed by atoms with van der Waals surface area (Å²) in [6.07, 6.45) is 3.39. The zero-order valence-corrected chi connectivity index (χ0v) is 15.2. The number of halogens is 1. The first-order valence-electron chi connectivity index (χ1n) is 8.80. The van der Waals surface area contributed by atoms with Crippen LogP contribution < -0.4 is 0 Å². The van der Waals surface area contributed by atoms with E-state index in [4.69, 9.17) is 0 Å². The van der Waals surface area contributed by atoms with E-state index in [-0.39, 0.29) is 36.1 Å². The maximum atomic E-state index is 13.2. The molecule has 0 bridgehead atoms. The van der Waals surface area contributed by atoms with Crippen LogP contribution in [0.2, 0.25) is 0 Å². The van der Waals surface area contributed by atoms with Crippen molar-refractivity contribution in [3.8, 4) is 0 Å². The summed E-state index contributed by atoms with van der Waals surface area (Å²) in [6, 6.07) is 8.53. The van der Waals surface area contributed by atoms with Crippen molar-refractivity contribution in [1.29, 1.82) is 0 Å². The third-order valence-corrected chi connectivity index (χ3v) is 4.49. The fourth-order valence-electron chi connectivity index (χ4n) is 3.26. The maximum absolute atomic E-state index is 13.2. The highest BCUT2D eigenvalue weighted by Crippen LogP contribution is 2.39. The molecule has 1 aliphatic heterocycles. The highest BCUT2D eigenvalue weighted by molar-refractivity contribution is 6.08. The first-order chi connectivity index (χ1) is 12.9. The summed E-state index contributed by atoms with van der Waals surface area (Å²) in [5.74, 6) is -1.64. The molecule has 5 nitrogen and oxygen atoms in total. The molecular formula is C21H21FN2O3. The van der Waals surface area contributed by atoms with Crippen molar-refractivity contribution >= 4 is 11.7 Å². The van der Waals surface area contributed by atoms with E-state index in [1.54, 1.807) is 36.7 Å². The first kappa shape index (κ1) is 18.8. The molecule has 0 saturated heterocycles. The molecule has 0 fully saturated rings. The fraction of sp³-hybridized carbons (Fsp3) is 0.286. The van der Waals surface area contributed by atoms with Gasteiger partial charge >= 0.3 is 0 Å². The third kappa shape index (κ3) is 3.89. The van der Waals surface area contributed by atoms with Crippen molar-refractivity contribution in [2.24, 2.45) is 5.92 Å². The minimum absolute atomic E-state index is 0.0946. The predicted molar refractivity (Wildman–Crippen MR) is 98.0 cm³/mol. The molecule has 0 saturated carbocycles. The van der Waals surface area contributed by atoms with E-state index in [1.807, 2.05) is 13.8 Å². The Kier molecular flexibility index (Phi) is 5.35. The number of nitrogens with zero attached hydrogens (tertiary/aromatic N) is 2. The zero-order chi connectivity index (χ0) is 19.6. The summed E-state index contributed by atoms with van der Waals surface area (Å²) in [6.45, 7) is 3.96. The van der Waals surface area contributed by atoms with Crippen LogP contribution in [-0.2, 0) is 16.1 Å². The van der Waals surface area contributed by atoms with Crippen LogP contribution in [0.5, 0.6) is 0 Å². The standard InChI is InChI=1S/C21H21FN2O3/c1-13(2)11-17(25)18-19(15-7-9-23-10-8-15)24(21(27)20(18)26)12-14-3-5-16(22)6-4-14/h3-10,13,19,26H,11-12H2,1-2H3. The Balaban J connectivity index is 2.01. The second-order valence-corrected chi connectivity index (χ2v) is 7.03. The normalized spacial score (nSPS) is 17.1. The van der Waals surface area contributed by atoms with E-state index in [2.05, 4.69) is 4.98 Å². The Morgan fingerprint density at radius 2 is 1.81 bits per heavy atom. The van der Waals surface area contributed by atoms with Gasteiger partial charge in [-0.05, 0) is 41.3 Å². The minimum atomic E-state index is -0.697. The number of hydrogen-bond acceptors (Lipinski definition) is 4. The Morgan fingerprint density at radius 1 is 1.19 bits per heavy atom. The number of carbonyl (C=O) groups excluding carboxylic acids is 2. The van der Waals surface area contributed by atoms with Crippen molar-refractivity contribution in [1.82, 2.24) is 9.88 Å². The highest BCUT2D eigenvalue weighted by Gasteiger charge is 2.43. The number of aliphatic hydroxyl groups excluding tert-OH is 1. The number of Topliss-reactive ketones (excluding diaryl/α,β-unsaturated/α-hetero) is 1. The second-order valence-electron chi connectivity index (χ2n) is 7.03. The van der Waals surface area contributed by atoms with Gasteiger partial charge in [-0.3, -0.25) is 14.6 Å². The Labute approximate surface area is 157 Å². The van der Waals surface area contributed by atoms with E-state index in [0.29, 0.717) is 11.1 Å². The van der Waals surface area contributed by atoms with Gasteiger partial charge in [0.1, 0.15) is 5.82 Å². The van der Waals surface area contributed by atoms with Crippen LogP contribution in [0.4, 0.5) is 4.39 Å². The van der Waals surface area contributed by atoms with Gasteiger partial charge in [0.2, 0.25) is 0 Å². The van der Waals surface area contributed by atoms with Gasteiger partial charge < -0.3 is 10.0 Å². The first-order valence-corrected chi connectivity index (χ1v) is 8.80. The molecule has 1 atom stereocenters. The van der Waals surface area contributed by atoms with Gasteiger partial charge in [-0.2, -0.15) is 0 Å². The van der Waals surface area contributed by atoms with Crippen molar-refractivity contribution in [2.75, 3.05) is 0 Å². The van der Waals surface area contributed by atoms with Gasteiger partial charge in [-0.25, -0.2) is 4.39 Å². The number of rotatable bonds is 6. The summed E-state index contributed by atoms with van der Waals surface area (Å²) >= 11 is 0. The number of benzene rings is 1. The van der Waals surface area contributed by atoms with Crippen molar-refractivity contribution in [3.63, 3.8) is 0 Å². The molecule has 1 aromatic carbocycles. The maximum Gasteiger partial charge on any atom is 0.290 e. The van der Waals surface area contributed by atoms with E-state index in [9.17, 15) is 19.1 Å². The topological polar surface area (TPSA) is 70.5 Å². The van der Waals surface area contributed by atoms with E-state index in [0.717, 1.165) is 0 Å². The van der Waals surface area contributed by atoms with Crippen LogP contribution in [-0.4, -0.2) is 26.7 Å². The number of carbonyl (C=O) groups is 2. The van der Waals surface area contributed by atoms with Gasteiger partial charge in [0.05, 0.1) is 11.6 Å². The number of pyridine rings is 1. The largest absolute Gasteiger partial charge is 0.503 e. The van der Waals surface area contributed by atoms with Gasteiger partial charge in [0.15, 0.2) is 11.5 Å². The highest BCUT2D eigenvalue weighted by atomic mass is 19.1. The number of aromatic nitrogens is 1. The second kappa shape index (κ2) is 7.70. The smallest absolute Gasteiger partial charge is 0.290 e. The van der Waals surface area contributed by atoms with Gasteiger partial charge in [0, 0.05) is 25.4 Å². The SMILES string of the molecule is CC(C)CC(=O)C1=C(O)C(=O)N(Cc2ccc(F)cc2)C1c1ccncc1. The molecule has 0 spiro atoms. The molecule has 0 radical (unpaired) electrons. The van der Waals surface area contributed by atoms with E-state index < -0.39 is 17.7 Å². The number of aliphatic hydroxyl groups is 1. The lowest BCUT2D eigenvalue weighted by molar-refractivity contribution is -0.130. The molecule has 3 rings (SSSR count). The Hall–Kier alpha value is -3.02. The number of hydrogen-bond donors (Lipinski definition) is 1. The molecule has 140 valence electrons. The summed E-state index contributed by atoms with van der Waals surface area (Å²) in [5, 5.41) is 10.5. The van der Waals surface area contributed by atoms with Crippen LogP contribution in [0, 0.1) is 11.7 Å². The molecule has 6 heteroatoms. The molecule has 0 aliphatic carbocycles. The Morgan fingerprint density at radius 3 is 2.41 bits per heavy atom. The number of ketones is 1. The lowest BCUT2D eigenvalue weighted by atomic mass is 9.92. The summed E-state index contributed by atoms with van der Waals surface area (Å²) in [7, 11) is 0. The van der Waals surface area contributed by atoms with Gasteiger partial charge in [-0.15, -0.1) is 0 Å².